The number of esters is 1. The lowest BCUT2D eigenvalue weighted by Gasteiger charge is -2.36. The van der Waals surface area contributed by atoms with Gasteiger partial charge in [0.1, 0.15) is 12.3 Å². The summed E-state index contributed by atoms with van der Waals surface area (Å²) in [7, 11) is 2.03. The SMILES string of the molecule is CCc1n(C)c2cccnc2[n+]1CC(=O)O[C@@H]1C[C@H](C)CC[C@H]1C(C)C.[I-]. The highest BCUT2D eigenvalue weighted by Crippen LogP contribution is 2.35. The number of carbonyl (C=O) groups excluding carboxylic acids is 1. The van der Waals surface area contributed by atoms with Gasteiger partial charge in [0.2, 0.25) is 5.82 Å². The molecule has 3 atom stereocenters. The Morgan fingerprint density at radius 2 is 2.15 bits per heavy atom. The Balaban J connectivity index is 0.00000261. The van der Waals surface area contributed by atoms with Crippen molar-refractivity contribution >= 4 is 17.1 Å². The lowest BCUT2D eigenvalue weighted by Crippen LogP contribution is -3.00. The van der Waals surface area contributed by atoms with Crippen LogP contribution in [0.3, 0.4) is 0 Å². The van der Waals surface area contributed by atoms with E-state index >= 15 is 0 Å². The molecule has 150 valence electrons. The Bertz CT molecular complexity index is 787. The van der Waals surface area contributed by atoms with Crippen molar-refractivity contribution < 1.29 is 38.1 Å². The maximum absolute atomic E-state index is 12.8. The van der Waals surface area contributed by atoms with E-state index in [1.807, 2.05) is 23.7 Å². The minimum atomic E-state index is -0.146. The molecule has 0 saturated heterocycles. The number of nitrogens with zero attached hydrogens (tertiary/aromatic N) is 3. The molecule has 0 spiro atoms. The summed E-state index contributed by atoms with van der Waals surface area (Å²) >= 11 is 0. The first kappa shape index (κ1) is 22.1. The fourth-order valence-electron chi connectivity index (χ4n) is 4.48. The predicted molar refractivity (Wildman–Crippen MR) is 102 cm³/mol. The summed E-state index contributed by atoms with van der Waals surface area (Å²) in [5.41, 5.74) is 1.89. The number of aromatic nitrogens is 3. The van der Waals surface area contributed by atoms with E-state index in [2.05, 4.69) is 37.2 Å². The van der Waals surface area contributed by atoms with Gasteiger partial charge in [0.15, 0.2) is 12.1 Å². The average molecular weight is 485 g/mol. The number of imidazole rings is 1. The number of aryl methyl sites for hydroxylation is 1. The van der Waals surface area contributed by atoms with Crippen molar-refractivity contribution in [3.8, 4) is 0 Å². The largest absolute Gasteiger partial charge is 1.00 e. The lowest BCUT2D eigenvalue weighted by molar-refractivity contribution is -0.670. The van der Waals surface area contributed by atoms with E-state index in [0.717, 1.165) is 36.3 Å². The molecule has 0 unspecified atom stereocenters. The maximum Gasteiger partial charge on any atom is 0.341 e. The summed E-state index contributed by atoms with van der Waals surface area (Å²) in [6.07, 6.45) is 6.03. The molecule has 27 heavy (non-hydrogen) atoms. The Hall–Kier alpha value is -1.18. The Kier molecular flexibility index (Phi) is 7.65. The van der Waals surface area contributed by atoms with E-state index in [-0.39, 0.29) is 42.6 Å². The summed E-state index contributed by atoms with van der Waals surface area (Å²) in [5.74, 6) is 2.58. The van der Waals surface area contributed by atoms with E-state index in [4.69, 9.17) is 4.74 Å². The van der Waals surface area contributed by atoms with E-state index in [1.165, 1.54) is 6.42 Å². The van der Waals surface area contributed by atoms with Gasteiger partial charge in [-0.25, -0.2) is 9.36 Å². The molecule has 3 rings (SSSR count). The number of halogens is 1. The fraction of sp³-hybridized carbons (Fsp3) is 0.667. The molecule has 0 N–H and O–H groups in total. The van der Waals surface area contributed by atoms with Gasteiger partial charge in [-0.3, -0.25) is 4.57 Å². The third kappa shape index (κ3) is 4.63. The van der Waals surface area contributed by atoms with E-state index < -0.39 is 0 Å². The first-order chi connectivity index (χ1) is 12.4. The number of carbonyl (C=O) groups is 1. The fourth-order valence-corrected chi connectivity index (χ4v) is 4.48. The molecule has 2 heterocycles. The quantitative estimate of drug-likeness (QED) is 0.351. The molecule has 1 fully saturated rings. The van der Waals surface area contributed by atoms with Gasteiger partial charge in [0, 0.05) is 6.42 Å². The third-order valence-electron chi connectivity index (χ3n) is 5.93. The monoisotopic (exact) mass is 485 g/mol. The molecule has 6 heteroatoms. The summed E-state index contributed by atoms with van der Waals surface area (Å²) in [4.78, 5) is 17.3. The normalized spacial score (nSPS) is 22.7. The van der Waals surface area contributed by atoms with Gasteiger partial charge >= 0.3 is 11.6 Å². The summed E-state index contributed by atoms with van der Waals surface area (Å²) < 4.78 is 10.1. The highest BCUT2D eigenvalue weighted by Gasteiger charge is 2.34. The van der Waals surface area contributed by atoms with Crippen LogP contribution in [0.1, 0.15) is 52.8 Å². The van der Waals surface area contributed by atoms with E-state index in [9.17, 15) is 4.79 Å². The van der Waals surface area contributed by atoms with Gasteiger partial charge in [0.25, 0.3) is 0 Å². The topological polar surface area (TPSA) is 48.0 Å². The summed E-state index contributed by atoms with van der Waals surface area (Å²) in [5, 5.41) is 0. The standard InChI is InChI=1S/C21H32N3O2.HI/c1-6-19-23(5)17-8-7-11-22-21(17)24(19)13-20(25)26-18-12-15(4)9-10-16(18)14(2)3;/h7-8,11,14-16,18H,6,9-10,12-13H2,1-5H3;1H/q+1;/p-1/t15-,16+,18-;/m1./s1. The molecule has 2 aromatic rings. The third-order valence-corrected chi connectivity index (χ3v) is 5.93. The van der Waals surface area contributed by atoms with Crippen LogP contribution in [0.5, 0.6) is 0 Å². The Morgan fingerprint density at radius 3 is 2.81 bits per heavy atom. The van der Waals surface area contributed by atoms with Gasteiger partial charge in [-0.2, -0.15) is 0 Å². The van der Waals surface area contributed by atoms with E-state index in [0.29, 0.717) is 17.8 Å². The van der Waals surface area contributed by atoms with Crippen molar-refractivity contribution in [1.82, 2.24) is 9.55 Å². The summed E-state index contributed by atoms with van der Waals surface area (Å²) in [6.45, 7) is 9.07. The minimum absolute atomic E-state index is 0. The molecular formula is C21H32IN3O2. The van der Waals surface area contributed by atoms with Crippen LogP contribution in [0.4, 0.5) is 0 Å². The molecule has 0 aliphatic heterocycles. The molecule has 1 aliphatic carbocycles. The molecule has 0 aromatic carbocycles. The van der Waals surface area contributed by atoms with Crippen molar-refractivity contribution in [3.63, 3.8) is 0 Å². The van der Waals surface area contributed by atoms with Gasteiger partial charge in [0.05, 0.1) is 7.05 Å². The number of ether oxygens (including phenoxy) is 1. The predicted octanol–water partition coefficient (Wildman–Crippen LogP) is 0.431. The van der Waals surface area contributed by atoms with Gasteiger partial charge < -0.3 is 28.7 Å². The first-order valence-electron chi connectivity index (χ1n) is 9.93. The van der Waals surface area contributed by atoms with Crippen LogP contribution in [0.25, 0.3) is 11.2 Å². The lowest BCUT2D eigenvalue weighted by atomic mass is 9.75. The van der Waals surface area contributed by atoms with Gasteiger partial charge in [-0.05, 0) is 42.7 Å². The Labute approximate surface area is 179 Å². The van der Waals surface area contributed by atoms with E-state index in [1.54, 1.807) is 6.20 Å². The molecule has 2 aromatic heterocycles. The van der Waals surface area contributed by atoms with Crippen LogP contribution in [0.2, 0.25) is 0 Å². The van der Waals surface area contributed by atoms with Crippen LogP contribution in [0, 0.1) is 17.8 Å². The maximum atomic E-state index is 12.8. The smallest absolute Gasteiger partial charge is 0.341 e. The second-order valence-corrected chi connectivity index (χ2v) is 8.12. The van der Waals surface area contributed by atoms with Crippen molar-refractivity contribution in [3.05, 3.63) is 24.2 Å². The number of hydrogen-bond donors (Lipinski definition) is 0. The van der Waals surface area contributed by atoms with Crippen LogP contribution < -0.4 is 28.5 Å². The van der Waals surface area contributed by atoms with Crippen molar-refractivity contribution in [1.29, 1.82) is 0 Å². The summed E-state index contributed by atoms with van der Waals surface area (Å²) in [6, 6.07) is 3.97. The van der Waals surface area contributed by atoms with Gasteiger partial charge in [-0.15, -0.1) is 4.98 Å². The number of pyridine rings is 1. The molecule has 0 radical (unpaired) electrons. The Morgan fingerprint density at radius 1 is 1.41 bits per heavy atom. The average Bonchev–Trinajstić information content (AvgIpc) is 2.86. The van der Waals surface area contributed by atoms with Crippen LogP contribution in [-0.4, -0.2) is 21.6 Å². The highest BCUT2D eigenvalue weighted by atomic mass is 127. The van der Waals surface area contributed by atoms with Crippen LogP contribution in [-0.2, 0) is 29.5 Å². The van der Waals surface area contributed by atoms with Crippen LogP contribution >= 0.6 is 0 Å². The number of fused-ring (bicyclic) bond motifs is 1. The second-order valence-electron chi connectivity index (χ2n) is 8.12. The van der Waals surface area contributed by atoms with Crippen molar-refractivity contribution in [2.24, 2.45) is 24.8 Å². The zero-order valence-electron chi connectivity index (χ0n) is 17.1. The van der Waals surface area contributed by atoms with Gasteiger partial charge in [-0.1, -0.05) is 34.1 Å². The molecule has 5 nitrogen and oxygen atoms in total. The first-order valence-corrected chi connectivity index (χ1v) is 9.93. The second kappa shape index (κ2) is 9.34. The number of rotatable bonds is 5. The zero-order chi connectivity index (χ0) is 18.8. The number of hydrogen-bond acceptors (Lipinski definition) is 3. The molecule has 1 aliphatic rings. The highest BCUT2D eigenvalue weighted by molar-refractivity contribution is 5.71. The molecule has 0 bridgehead atoms. The van der Waals surface area contributed by atoms with Crippen molar-refractivity contribution in [2.75, 3.05) is 0 Å². The minimum Gasteiger partial charge on any atom is -1.00 e. The molecular weight excluding hydrogens is 453 g/mol. The van der Waals surface area contributed by atoms with Crippen LogP contribution in [0.15, 0.2) is 18.3 Å². The molecule has 1 saturated carbocycles. The molecule has 0 amide bonds. The van der Waals surface area contributed by atoms with Crippen molar-refractivity contribution in [2.45, 2.75) is 66.0 Å². The zero-order valence-corrected chi connectivity index (χ0v) is 19.3.